The number of hydrogen-bond acceptors (Lipinski definition) is 4. The fourth-order valence-corrected chi connectivity index (χ4v) is 2.85. The Bertz CT molecular complexity index is 951. The van der Waals surface area contributed by atoms with Crippen molar-refractivity contribution in [2.45, 2.75) is 18.8 Å². The van der Waals surface area contributed by atoms with Crippen molar-refractivity contribution in [1.29, 1.82) is 0 Å². The maximum Gasteiger partial charge on any atom is 0.258 e. The van der Waals surface area contributed by atoms with Gasteiger partial charge in [-0.15, -0.1) is 0 Å². The lowest BCUT2D eigenvalue weighted by molar-refractivity contribution is -0.121. The van der Waals surface area contributed by atoms with Crippen LogP contribution < -0.4 is 4.74 Å². The molecule has 2 aromatic heterocycles. The highest BCUT2D eigenvalue weighted by atomic mass is 19.3. The standard InChI is InChI=1S/C18H15F2N3O2/c1-25-12-7-5-11(6-8-12)14-3-2-4-17-21-16(22-23(14)17)9-15(24)13-10-18(13,19)20/h2-8,13H,9-10H2,1H3. The number of ketones is 1. The van der Waals surface area contributed by atoms with E-state index in [4.69, 9.17) is 4.74 Å². The van der Waals surface area contributed by atoms with Gasteiger partial charge in [0.25, 0.3) is 5.92 Å². The molecule has 0 spiro atoms. The van der Waals surface area contributed by atoms with E-state index in [1.165, 1.54) is 0 Å². The topological polar surface area (TPSA) is 56.5 Å². The van der Waals surface area contributed by atoms with Gasteiger partial charge in [0.2, 0.25) is 0 Å². The molecule has 1 unspecified atom stereocenters. The molecule has 4 rings (SSSR count). The summed E-state index contributed by atoms with van der Waals surface area (Å²) < 4.78 is 32.8. The number of pyridine rings is 1. The second-order valence-corrected chi connectivity index (χ2v) is 6.10. The lowest BCUT2D eigenvalue weighted by Crippen LogP contribution is -2.11. The fourth-order valence-electron chi connectivity index (χ4n) is 2.85. The zero-order chi connectivity index (χ0) is 17.6. The van der Waals surface area contributed by atoms with E-state index in [1.807, 2.05) is 36.4 Å². The molecule has 1 aliphatic rings. The van der Waals surface area contributed by atoms with Crippen LogP contribution in [0.3, 0.4) is 0 Å². The number of ether oxygens (including phenoxy) is 1. The number of nitrogens with zero attached hydrogens (tertiary/aromatic N) is 3. The minimum absolute atomic E-state index is 0.177. The molecule has 7 heteroatoms. The largest absolute Gasteiger partial charge is 0.497 e. The van der Waals surface area contributed by atoms with E-state index in [1.54, 1.807) is 17.7 Å². The normalized spacial score (nSPS) is 18.3. The molecule has 5 nitrogen and oxygen atoms in total. The van der Waals surface area contributed by atoms with Crippen LogP contribution in [0, 0.1) is 5.92 Å². The van der Waals surface area contributed by atoms with Crippen molar-refractivity contribution < 1.29 is 18.3 Å². The van der Waals surface area contributed by atoms with Crippen molar-refractivity contribution in [2.75, 3.05) is 7.11 Å². The lowest BCUT2D eigenvalue weighted by Gasteiger charge is -2.05. The number of rotatable bonds is 5. The van der Waals surface area contributed by atoms with Crippen LogP contribution in [0.4, 0.5) is 8.78 Å². The minimum atomic E-state index is -2.86. The smallest absolute Gasteiger partial charge is 0.258 e. The number of benzene rings is 1. The van der Waals surface area contributed by atoms with Crippen LogP contribution in [0.5, 0.6) is 5.75 Å². The lowest BCUT2D eigenvalue weighted by atomic mass is 10.1. The number of aromatic nitrogens is 3. The van der Waals surface area contributed by atoms with E-state index in [9.17, 15) is 13.6 Å². The van der Waals surface area contributed by atoms with E-state index >= 15 is 0 Å². The van der Waals surface area contributed by atoms with E-state index < -0.39 is 17.6 Å². The van der Waals surface area contributed by atoms with Crippen molar-refractivity contribution in [3.05, 3.63) is 48.3 Å². The van der Waals surface area contributed by atoms with Crippen molar-refractivity contribution >= 4 is 11.4 Å². The van der Waals surface area contributed by atoms with E-state index in [-0.39, 0.29) is 18.7 Å². The molecule has 2 heterocycles. The molecule has 0 amide bonds. The molecule has 0 saturated heterocycles. The first-order chi connectivity index (χ1) is 12.0. The SMILES string of the molecule is COc1ccc(-c2cccc3nc(CC(=O)C4CC4(F)F)nn23)cc1. The van der Waals surface area contributed by atoms with Gasteiger partial charge < -0.3 is 4.74 Å². The highest BCUT2D eigenvalue weighted by molar-refractivity contribution is 5.86. The summed E-state index contributed by atoms with van der Waals surface area (Å²) in [5, 5.41) is 4.34. The molecule has 0 N–H and O–H groups in total. The van der Waals surface area contributed by atoms with Gasteiger partial charge in [-0.1, -0.05) is 6.07 Å². The third-order valence-electron chi connectivity index (χ3n) is 4.34. The summed E-state index contributed by atoms with van der Waals surface area (Å²) in [6, 6.07) is 12.9. The summed E-state index contributed by atoms with van der Waals surface area (Å²) in [6.07, 6.45) is -0.541. The number of carbonyl (C=O) groups is 1. The second-order valence-electron chi connectivity index (χ2n) is 6.10. The molecule has 25 heavy (non-hydrogen) atoms. The molecule has 1 atom stereocenters. The van der Waals surface area contributed by atoms with Gasteiger partial charge >= 0.3 is 0 Å². The van der Waals surface area contributed by atoms with Crippen LogP contribution in [0.15, 0.2) is 42.5 Å². The molecule has 0 bridgehead atoms. The van der Waals surface area contributed by atoms with Crippen LogP contribution in [0.1, 0.15) is 12.2 Å². The zero-order valence-corrected chi connectivity index (χ0v) is 13.4. The number of Topliss-reactive ketones (excluding diaryl/α,β-unsaturated/α-hetero) is 1. The average molecular weight is 343 g/mol. The summed E-state index contributed by atoms with van der Waals surface area (Å²) in [5.74, 6) is -3.54. The Kier molecular flexibility index (Phi) is 3.52. The van der Waals surface area contributed by atoms with Gasteiger partial charge in [0.1, 0.15) is 11.5 Å². The van der Waals surface area contributed by atoms with Crippen molar-refractivity contribution in [3.63, 3.8) is 0 Å². The van der Waals surface area contributed by atoms with Crippen molar-refractivity contribution in [1.82, 2.24) is 14.6 Å². The zero-order valence-electron chi connectivity index (χ0n) is 13.4. The summed E-state index contributed by atoms with van der Waals surface area (Å²) in [5.41, 5.74) is 2.27. The van der Waals surface area contributed by atoms with Crippen LogP contribution in [0.2, 0.25) is 0 Å². The van der Waals surface area contributed by atoms with Crippen LogP contribution >= 0.6 is 0 Å². The Balaban J connectivity index is 1.65. The van der Waals surface area contributed by atoms with E-state index in [2.05, 4.69) is 10.1 Å². The third-order valence-corrected chi connectivity index (χ3v) is 4.34. The molecule has 1 saturated carbocycles. The van der Waals surface area contributed by atoms with Gasteiger partial charge in [0.15, 0.2) is 11.5 Å². The molecule has 128 valence electrons. The molecule has 1 fully saturated rings. The Labute approximate surface area is 142 Å². The number of carbonyl (C=O) groups excluding carboxylic acids is 1. The molecular weight excluding hydrogens is 328 g/mol. The van der Waals surface area contributed by atoms with Gasteiger partial charge in [-0.2, -0.15) is 5.10 Å². The maximum atomic E-state index is 13.0. The van der Waals surface area contributed by atoms with Crippen LogP contribution in [0.25, 0.3) is 16.9 Å². The molecule has 0 aliphatic heterocycles. The van der Waals surface area contributed by atoms with E-state index in [0.717, 1.165) is 17.0 Å². The number of hydrogen-bond donors (Lipinski definition) is 0. The monoisotopic (exact) mass is 343 g/mol. The number of methoxy groups -OCH3 is 1. The summed E-state index contributed by atoms with van der Waals surface area (Å²) >= 11 is 0. The van der Waals surface area contributed by atoms with Gasteiger partial charge in [-0.05, 0) is 36.4 Å². The molecule has 1 aliphatic carbocycles. The van der Waals surface area contributed by atoms with E-state index in [0.29, 0.717) is 5.65 Å². The fraction of sp³-hybridized carbons (Fsp3) is 0.278. The number of fused-ring (bicyclic) bond motifs is 1. The van der Waals surface area contributed by atoms with Crippen molar-refractivity contribution in [2.24, 2.45) is 5.92 Å². The molecule has 1 aromatic carbocycles. The van der Waals surface area contributed by atoms with Crippen LogP contribution in [-0.2, 0) is 11.2 Å². The number of alkyl halides is 2. The quantitative estimate of drug-likeness (QED) is 0.714. The predicted molar refractivity (Wildman–Crippen MR) is 86.7 cm³/mol. The Hall–Kier alpha value is -2.83. The van der Waals surface area contributed by atoms with Crippen molar-refractivity contribution in [3.8, 4) is 17.0 Å². The highest BCUT2D eigenvalue weighted by Gasteiger charge is 2.60. The molecule has 0 radical (unpaired) electrons. The molecular formula is C18H15F2N3O2. The second kappa shape index (κ2) is 5.61. The first kappa shape index (κ1) is 15.7. The Morgan fingerprint density at radius 1 is 1.28 bits per heavy atom. The third kappa shape index (κ3) is 2.86. The van der Waals surface area contributed by atoms with Gasteiger partial charge in [0, 0.05) is 12.0 Å². The number of halogens is 2. The predicted octanol–water partition coefficient (Wildman–Crippen LogP) is 3.17. The molecule has 3 aromatic rings. The minimum Gasteiger partial charge on any atom is -0.497 e. The van der Waals surface area contributed by atoms with Crippen LogP contribution in [-0.4, -0.2) is 33.4 Å². The summed E-state index contributed by atoms with van der Waals surface area (Å²) in [7, 11) is 1.60. The average Bonchev–Trinajstić information content (AvgIpc) is 3.06. The summed E-state index contributed by atoms with van der Waals surface area (Å²) in [6.45, 7) is 0. The highest BCUT2D eigenvalue weighted by Crippen LogP contribution is 2.49. The first-order valence-electron chi connectivity index (χ1n) is 7.87. The van der Waals surface area contributed by atoms with Gasteiger partial charge in [-0.3, -0.25) is 4.79 Å². The summed E-state index contributed by atoms with van der Waals surface area (Å²) in [4.78, 5) is 16.2. The Morgan fingerprint density at radius 2 is 2.00 bits per heavy atom. The van der Waals surface area contributed by atoms with Gasteiger partial charge in [0.05, 0.1) is 25.1 Å². The first-order valence-corrected chi connectivity index (χ1v) is 7.87. The van der Waals surface area contributed by atoms with Gasteiger partial charge in [-0.25, -0.2) is 18.3 Å². The Morgan fingerprint density at radius 3 is 2.64 bits per heavy atom. The maximum absolute atomic E-state index is 13.0.